The minimum Gasteiger partial charge on any atom is -0.384 e. The van der Waals surface area contributed by atoms with E-state index in [1.807, 2.05) is 24.5 Å². The van der Waals surface area contributed by atoms with E-state index in [9.17, 15) is 5.26 Å². The molecule has 2 unspecified atom stereocenters. The van der Waals surface area contributed by atoms with Gasteiger partial charge in [-0.3, -0.25) is 0 Å². The molecule has 1 N–H and O–H groups in total. The molecule has 0 spiro atoms. The summed E-state index contributed by atoms with van der Waals surface area (Å²) in [5.41, 5.74) is 1.78. The smallest absolute Gasteiger partial charge is 0.102 e. The van der Waals surface area contributed by atoms with Gasteiger partial charge in [-0.15, -0.1) is 11.8 Å². The molecule has 96 valence electrons. The number of benzene rings is 1. The zero-order valence-electron chi connectivity index (χ0n) is 11.1. The second-order valence-electron chi connectivity index (χ2n) is 5.16. The van der Waals surface area contributed by atoms with Gasteiger partial charge in [-0.2, -0.15) is 5.26 Å². The average molecular weight is 260 g/mol. The second kappa shape index (κ2) is 6.15. The Kier molecular flexibility index (Phi) is 4.54. The van der Waals surface area contributed by atoms with E-state index in [-0.39, 0.29) is 0 Å². The monoisotopic (exact) mass is 260 g/mol. The van der Waals surface area contributed by atoms with Gasteiger partial charge in [0.2, 0.25) is 0 Å². The number of nitriles is 1. The molecular formula is C15H20N2S. The Morgan fingerprint density at radius 2 is 2.28 bits per heavy atom. The molecule has 1 aromatic rings. The van der Waals surface area contributed by atoms with Crippen LogP contribution in [-0.2, 0) is 0 Å². The Morgan fingerprint density at radius 1 is 1.44 bits per heavy atom. The molecule has 1 fully saturated rings. The van der Waals surface area contributed by atoms with Crippen LogP contribution < -0.4 is 5.32 Å². The quantitative estimate of drug-likeness (QED) is 0.827. The van der Waals surface area contributed by atoms with Gasteiger partial charge in [-0.1, -0.05) is 19.4 Å². The molecule has 0 aromatic heterocycles. The Hall–Kier alpha value is -1.14. The maximum absolute atomic E-state index is 9.26. The Morgan fingerprint density at radius 3 is 2.89 bits per heavy atom. The van der Waals surface area contributed by atoms with Crippen LogP contribution in [0.1, 0.15) is 31.7 Å². The number of hydrogen-bond donors (Lipinski definition) is 1. The lowest BCUT2D eigenvalue weighted by molar-refractivity contribution is 0.537. The third-order valence-electron chi connectivity index (χ3n) is 3.74. The molecule has 2 rings (SSSR count). The van der Waals surface area contributed by atoms with Gasteiger partial charge < -0.3 is 5.32 Å². The molecule has 0 bridgehead atoms. The summed E-state index contributed by atoms with van der Waals surface area (Å²) in [5.74, 6) is 1.63. The van der Waals surface area contributed by atoms with Crippen LogP contribution in [0.25, 0.3) is 0 Å². The standard InChI is InChI=1S/C15H20N2S/c1-11-6-7-12(8-11)10-17-14-4-3-5-15(18-2)13(14)9-16/h3-5,11-12,17H,6-8,10H2,1-2H3. The molecular weight excluding hydrogens is 240 g/mol. The normalized spacial score (nSPS) is 22.7. The van der Waals surface area contributed by atoms with E-state index >= 15 is 0 Å². The lowest BCUT2D eigenvalue weighted by atomic mass is 10.1. The Labute approximate surface area is 114 Å². The predicted molar refractivity (Wildman–Crippen MR) is 77.9 cm³/mol. The van der Waals surface area contributed by atoms with Gasteiger partial charge >= 0.3 is 0 Å². The van der Waals surface area contributed by atoms with Crippen LogP contribution in [-0.4, -0.2) is 12.8 Å². The van der Waals surface area contributed by atoms with E-state index in [1.165, 1.54) is 19.3 Å². The predicted octanol–water partition coefficient (Wildman–Crippen LogP) is 4.13. The molecule has 0 heterocycles. The molecule has 0 saturated heterocycles. The first-order valence-electron chi connectivity index (χ1n) is 6.55. The minimum absolute atomic E-state index is 0.768. The van der Waals surface area contributed by atoms with Crippen LogP contribution in [0.5, 0.6) is 0 Å². The number of nitrogens with one attached hydrogen (secondary N) is 1. The molecule has 1 aliphatic carbocycles. The number of rotatable bonds is 4. The highest BCUT2D eigenvalue weighted by Crippen LogP contribution is 2.31. The van der Waals surface area contributed by atoms with Crippen LogP contribution in [0.2, 0.25) is 0 Å². The molecule has 1 saturated carbocycles. The van der Waals surface area contributed by atoms with Gasteiger partial charge in [0.1, 0.15) is 6.07 Å². The van der Waals surface area contributed by atoms with E-state index in [0.29, 0.717) is 0 Å². The van der Waals surface area contributed by atoms with Crippen molar-refractivity contribution in [1.29, 1.82) is 5.26 Å². The highest BCUT2D eigenvalue weighted by molar-refractivity contribution is 7.98. The van der Waals surface area contributed by atoms with Crippen LogP contribution in [0.15, 0.2) is 23.1 Å². The Bertz CT molecular complexity index is 450. The van der Waals surface area contributed by atoms with Gasteiger partial charge in [0.25, 0.3) is 0 Å². The number of hydrogen-bond acceptors (Lipinski definition) is 3. The lowest BCUT2D eigenvalue weighted by Crippen LogP contribution is -2.12. The fourth-order valence-corrected chi connectivity index (χ4v) is 3.30. The van der Waals surface area contributed by atoms with Gasteiger partial charge in [0.05, 0.1) is 11.3 Å². The van der Waals surface area contributed by atoms with Crippen LogP contribution in [0.4, 0.5) is 5.69 Å². The largest absolute Gasteiger partial charge is 0.384 e. The van der Waals surface area contributed by atoms with E-state index in [4.69, 9.17) is 0 Å². The molecule has 1 aromatic carbocycles. The molecule has 3 heteroatoms. The van der Waals surface area contributed by atoms with Crippen molar-refractivity contribution in [3.8, 4) is 6.07 Å². The van der Waals surface area contributed by atoms with Gasteiger partial charge in [0.15, 0.2) is 0 Å². The van der Waals surface area contributed by atoms with Crippen molar-refractivity contribution in [3.05, 3.63) is 23.8 Å². The molecule has 1 aliphatic rings. The van der Waals surface area contributed by atoms with E-state index in [0.717, 1.165) is 34.5 Å². The van der Waals surface area contributed by atoms with Crippen LogP contribution in [0, 0.1) is 23.2 Å². The van der Waals surface area contributed by atoms with E-state index < -0.39 is 0 Å². The second-order valence-corrected chi connectivity index (χ2v) is 6.01. The molecule has 2 atom stereocenters. The fourth-order valence-electron chi connectivity index (χ4n) is 2.73. The average Bonchev–Trinajstić information content (AvgIpc) is 2.81. The first kappa shape index (κ1) is 13.3. The van der Waals surface area contributed by atoms with E-state index in [2.05, 4.69) is 18.3 Å². The third-order valence-corrected chi connectivity index (χ3v) is 4.52. The first-order chi connectivity index (χ1) is 8.74. The van der Waals surface area contributed by atoms with Crippen molar-refractivity contribution in [2.75, 3.05) is 18.1 Å². The summed E-state index contributed by atoms with van der Waals surface area (Å²) in [4.78, 5) is 1.06. The number of anilines is 1. The highest BCUT2D eigenvalue weighted by atomic mass is 32.2. The van der Waals surface area contributed by atoms with Crippen molar-refractivity contribution >= 4 is 17.4 Å². The molecule has 18 heavy (non-hydrogen) atoms. The van der Waals surface area contributed by atoms with Gasteiger partial charge in [-0.25, -0.2) is 0 Å². The first-order valence-corrected chi connectivity index (χ1v) is 7.78. The van der Waals surface area contributed by atoms with E-state index in [1.54, 1.807) is 11.8 Å². The topological polar surface area (TPSA) is 35.8 Å². The Balaban J connectivity index is 2.03. The summed E-state index contributed by atoms with van der Waals surface area (Å²) in [5, 5.41) is 12.7. The molecule has 0 amide bonds. The van der Waals surface area contributed by atoms with Crippen molar-refractivity contribution in [2.24, 2.45) is 11.8 Å². The minimum atomic E-state index is 0.768. The lowest BCUT2D eigenvalue weighted by Gasteiger charge is -2.14. The molecule has 0 radical (unpaired) electrons. The molecule has 0 aliphatic heterocycles. The van der Waals surface area contributed by atoms with Crippen molar-refractivity contribution in [2.45, 2.75) is 31.1 Å². The summed E-state index contributed by atoms with van der Waals surface area (Å²) < 4.78 is 0. The van der Waals surface area contributed by atoms with Crippen LogP contribution >= 0.6 is 11.8 Å². The fraction of sp³-hybridized carbons (Fsp3) is 0.533. The summed E-state index contributed by atoms with van der Waals surface area (Å²) in [6.07, 6.45) is 6.00. The third kappa shape index (κ3) is 3.00. The summed E-state index contributed by atoms with van der Waals surface area (Å²) in [6, 6.07) is 8.35. The van der Waals surface area contributed by atoms with Gasteiger partial charge in [-0.05, 0) is 43.1 Å². The van der Waals surface area contributed by atoms with Crippen molar-refractivity contribution < 1.29 is 0 Å². The highest BCUT2D eigenvalue weighted by Gasteiger charge is 2.21. The van der Waals surface area contributed by atoms with Crippen LogP contribution in [0.3, 0.4) is 0 Å². The maximum Gasteiger partial charge on any atom is 0.102 e. The van der Waals surface area contributed by atoms with Crippen molar-refractivity contribution in [3.63, 3.8) is 0 Å². The maximum atomic E-state index is 9.26. The SMILES string of the molecule is CSc1cccc(NCC2CCC(C)C2)c1C#N. The zero-order valence-corrected chi connectivity index (χ0v) is 11.9. The number of thioether (sulfide) groups is 1. The summed E-state index contributed by atoms with van der Waals surface area (Å²) in [7, 11) is 0. The zero-order chi connectivity index (χ0) is 13.0. The van der Waals surface area contributed by atoms with Crippen molar-refractivity contribution in [1.82, 2.24) is 0 Å². The van der Waals surface area contributed by atoms with Gasteiger partial charge in [0, 0.05) is 11.4 Å². The molecule has 2 nitrogen and oxygen atoms in total. The summed E-state index contributed by atoms with van der Waals surface area (Å²) >= 11 is 1.63. The number of nitrogens with zero attached hydrogens (tertiary/aromatic N) is 1. The summed E-state index contributed by atoms with van der Waals surface area (Å²) in [6.45, 7) is 3.33.